The van der Waals surface area contributed by atoms with Crippen molar-refractivity contribution in [3.8, 4) is 0 Å². The molecule has 0 radical (unpaired) electrons. The Hall–Kier alpha value is -2.36. The molecule has 0 unspecified atom stereocenters. The predicted octanol–water partition coefficient (Wildman–Crippen LogP) is 3.45. The molecule has 0 amide bonds. The van der Waals surface area contributed by atoms with Crippen LogP contribution in [-0.4, -0.2) is 15.1 Å². The minimum atomic E-state index is 0.404. The number of aryl methyl sites for hydroxylation is 1. The molecule has 1 aromatic carbocycles. The molecule has 8 heteroatoms. The van der Waals surface area contributed by atoms with Crippen LogP contribution in [0.5, 0.6) is 0 Å². The van der Waals surface area contributed by atoms with E-state index < -0.39 is 0 Å². The van der Waals surface area contributed by atoms with E-state index in [1.165, 1.54) is 6.33 Å². The summed E-state index contributed by atoms with van der Waals surface area (Å²) in [6, 6.07) is 9.66. The van der Waals surface area contributed by atoms with Crippen molar-refractivity contribution in [3.63, 3.8) is 0 Å². The van der Waals surface area contributed by atoms with Gasteiger partial charge in [0, 0.05) is 15.3 Å². The fourth-order valence-electron chi connectivity index (χ4n) is 1.81. The molecule has 0 atom stereocenters. The third kappa shape index (κ3) is 3.27. The molecule has 7 nitrogen and oxygen atoms in total. The average Bonchev–Trinajstić information content (AvgIpc) is 2.91. The Morgan fingerprint density at radius 1 is 1.09 bits per heavy atom. The van der Waals surface area contributed by atoms with Crippen molar-refractivity contribution in [2.45, 2.75) is 6.92 Å². The summed E-state index contributed by atoms with van der Waals surface area (Å²) >= 11 is 2.25. The zero-order valence-electron chi connectivity index (χ0n) is 11.7. The van der Waals surface area contributed by atoms with Crippen LogP contribution >= 0.6 is 22.6 Å². The molecule has 0 aliphatic rings. The fraction of sp³-hybridized carbons (Fsp3) is 0.0714. The van der Waals surface area contributed by atoms with Crippen LogP contribution in [0.2, 0.25) is 0 Å². The Morgan fingerprint density at radius 2 is 1.77 bits per heavy atom. The largest absolute Gasteiger partial charge is 0.393 e. The van der Waals surface area contributed by atoms with Crippen LogP contribution in [-0.2, 0) is 0 Å². The number of hydrogen-bond acceptors (Lipinski definition) is 7. The van der Waals surface area contributed by atoms with Crippen molar-refractivity contribution in [1.82, 2.24) is 15.1 Å². The molecule has 4 N–H and O–H groups in total. The average molecular weight is 408 g/mol. The van der Waals surface area contributed by atoms with E-state index in [1.807, 2.05) is 31.2 Å². The highest BCUT2D eigenvalue weighted by atomic mass is 127. The minimum Gasteiger partial charge on any atom is -0.393 e. The maximum Gasteiger partial charge on any atom is 0.175 e. The second-order valence-corrected chi connectivity index (χ2v) is 5.81. The molecule has 0 spiro atoms. The first-order chi connectivity index (χ1) is 10.6. The minimum absolute atomic E-state index is 0.404. The molecule has 0 saturated heterocycles. The van der Waals surface area contributed by atoms with E-state index in [0.717, 1.165) is 9.26 Å². The highest BCUT2D eigenvalue weighted by Crippen LogP contribution is 2.28. The van der Waals surface area contributed by atoms with Gasteiger partial charge >= 0.3 is 0 Å². The molecule has 0 bridgehead atoms. The van der Waals surface area contributed by atoms with Crippen LogP contribution in [0, 0.1) is 10.5 Å². The summed E-state index contributed by atoms with van der Waals surface area (Å²) in [4.78, 5) is 8.30. The van der Waals surface area contributed by atoms with Gasteiger partial charge in [-0.15, -0.1) is 0 Å². The summed E-state index contributed by atoms with van der Waals surface area (Å²) in [6.07, 6.45) is 1.43. The second kappa shape index (κ2) is 6.18. The molecule has 22 heavy (non-hydrogen) atoms. The van der Waals surface area contributed by atoms with Crippen molar-refractivity contribution in [2.75, 3.05) is 16.4 Å². The van der Waals surface area contributed by atoms with Crippen LogP contribution in [0.1, 0.15) is 5.76 Å². The van der Waals surface area contributed by atoms with Crippen LogP contribution in [0.15, 0.2) is 41.2 Å². The van der Waals surface area contributed by atoms with E-state index in [2.05, 4.69) is 48.3 Å². The summed E-state index contributed by atoms with van der Waals surface area (Å²) < 4.78 is 6.16. The lowest BCUT2D eigenvalue weighted by Gasteiger charge is -2.11. The number of aromatic nitrogens is 3. The zero-order chi connectivity index (χ0) is 15.5. The topological polar surface area (TPSA) is 102 Å². The van der Waals surface area contributed by atoms with Crippen molar-refractivity contribution < 1.29 is 4.52 Å². The highest BCUT2D eigenvalue weighted by molar-refractivity contribution is 14.1. The number of rotatable bonds is 4. The number of nitrogens with one attached hydrogen (secondary N) is 2. The van der Waals surface area contributed by atoms with Gasteiger partial charge < -0.3 is 20.9 Å². The van der Waals surface area contributed by atoms with Crippen LogP contribution in [0.4, 0.5) is 28.8 Å². The molecular weight excluding hydrogens is 395 g/mol. The molecule has 0 fully saturated rings. The summed E-state index contributed by atoms with van der Waals surface area (Å²) in [6.45, 7) is 1.81. The molecule has 2 heterocycles. The quantitative estimate of drug-likeness (QED) is 0.569. The summed E-state index contributed by atoms with van der Waals surface area (Å²) in [5.74, 6) is 2.24. The lowest BCUT2D eigenvalue weighted by molar-refractivity contribution is 0.400. The maximum absolute atomic E-state index is 6.11. The molecule has 3 rings (SSSR count). The van der Waals surface area contributed by atoms with Gasteiger partial charge in [-0.05, 0) is 53.8 Å². The van der Waals surface area contributed by atoms with Gasteiger partial charge in [-0.1, -0.05) is 5.16 Å². The van der Waals surface area contributed by atoms with E-state index in [0.29, 0.717) is 28.9 Å². The summed E-state index contributed by atoms with van der Waals surface area (Å²) in [7, 11) is 0. The number of benzene rings is 1. The Balaban J connectivity index is 1.83. The van der Waals surface area contributed by atoms with Crippen molar-refractivity contribution in [2.24, 2.45) is 0 Å². The highest BCUT2D eigenvalue weighted by Gasteiger charge is 2.10. The summed E-state index contributed by atoms with van der Waals surface area (Å²) in [5, 5.41) is 10.0. The molecular formula is C14H13IN6O. The number of hydrogen-bond donors (Lipinski definition) is 3. The van der Waals surface area contributed by atoms with Crippen molar-refractivity contribution in [3.05, 3.63) is 46.0 Å². The molecule has 0 aliphatic heterocycles. The zero-order valence-corrected chi connectivity index (χ0v) is 13.8. The number of nitrogens with zero attached hydrogens (tertiary/aromatic N) is 3. The lowest BCUT2D eigenvalue weighted by Crippen LogP contribution is -2.05. The molecule has 112 valence electrons. The normalized spacial score (nSPS) is 10.5. The van der Waals surface area contributed by atoms with Crippen LogP contribution < -0.4 is 16.4 Å². The molecule has 0 aliphatic carbocycles. The second-order valence-electron chi connectivity index (χ2n) is 4.56. The molecule has 3 aromatic rings. The predicted molar refractivity (Wildman–Crippen MR) is 93.4 cm³/mol. The van der Waals surface area contributed by atoms with Gasteiger partial charge in [0.05, 0.1) is 0 Å². The summed E-state index contributed by atoms with van der Waals surface area (Å²) in [5.41, 5.74) is 7.41. The number of nitrogens with two attached hydrogens (primary N) is 1. The van der Waals surface area contributed by atoms with Crippen molar-refractivity contribution in [1.29, 1.82) is 0 Å². The smallest absolute Gasteiger partial charge is 0.175 e. The fourth-order valence-corrected chi connectivity index (χ4v) is 2.17. The van der Waals surface area contributed by atoms with Gasteiger partial charge in [0.25, 0.3) is 0 Å². The Labute approximate surface area is 140 Å². The van der Waals surface area contributed by atoms with Gasteiger partial charge in [-0.25, -0.2) is 9.97 Å². The molecule has 0 saturated carbocycles. The van der Waals surface area contributed by atoms with E-state index in [1.54, 1.807) is 6.07 Å². The maximum atomic E-state index is 6.11. The lowest BCUT2D eigenvalue weighted by atomic mass is 10.3. The van der Waals surface area contributed by atoms with Gasteiger partial charge in [-0.3, -0.25) is 0 Å². The number of halogens is 1. The van der Waals surface area contributed by atoms with Gasteiger partial charge in [0.2, 0.25) is 0 Å². The van der Waals surface area contributed by atoms with Gasteiger partial charge in [0.1, 0.15) is 17.8 Å². The van der Waals surface area contributed by atoms with Gasteiger partial charge in [0.15, 0.2) is 17.5 Å². The standard InChI is InChI=1S/C14H13IN6O/c1-8-6-11(21-22-8)20-14-12(16)13(17-7-18-14)19-10-4-2-9(15)3-5-10/h2-7H,16H2,1H3,(H2,17,18,19,20,21). The molecule has 2 aromatic heterocycles. The first-order valence-corrected chi connectivity index (χ1v) is 7.53. The van der Waals surface area contributed by atoms with E-state index in [4.69, 9.17) is 10.3 Å². The Morgan fingerprint density at radius 3 is 2.41 bits per heavy atom. The van der Waals surface area contributed by atoms with E-state index >= 15 is 0 Å². The third-order valence-corrected chi connectivity index (χ3v) is 3.58. The Bertz CT molecular complexity index is 786. The van der Waals surface area contributed by atoms with E-state index in [-0.39, 0.29) is 0 Å². The monoisotopic (exact) mass is 408 g/mol. The van der Waals surface area contributed by atoms with Gasteiger partial charge in [-0.2, -0.15) is 0 Å². The van der Waals surface area contributed by atoms with E-state index in [9.17, 15) is 0 Å². The van der Waals surface area contributed by atoms with Crippen LogP contribution in [0.25, 0.3) is 0 Å². The first kappa shape index (κ1) is 14.6. The Kier molecular flexibility index (Phi) is 4.09. The first-order valence-electron chi connectivity index (χ1n) is 6.45. The SMILES string of the molecule is Cc1cc(Nc2ncnc(Nc3ccc(I)cc3)c2N)no1. The van der Waals surface area contributed by atoms with Crippen LogP contribution in [0.3, 0.4) is 0 Å². The number of nitrogen functional groups attached to an aromatic ring is 1. The van der Waals surface area contributed by atoms with Crippen molar-refractivity contribution >= 4 is 51.4 Å². The third-order valence-electron chi connectivity index (χ3n) is 2.87. The number of anilines is 5.